The largest absolute Gasteiger partial charge is 0.0891 e. The van der Waals surface area contributed by atoms with Gasteiger partial charge in [0.25, 0.3) is 0 Å². The minimum Gasteiger partial charge on any atom is -0.0891 e. The van der Waals surface area contributed by atoms with Gasteiger partial charge in [0.15, 0.2) is 0 Å². The normalized spacial score (nSPS) is 13.8. The molecule has 0 aliphatic heterocycles. The first-order chi connectivity index (χ1) is 11.8. The Morgan fingerprint density at radius 3 is 1.08 bits per heavy atom. The van der Waals surface area contributed by atoms with Crippen molar-refractivity contribution in [1.29, 1.82) is 0 Å². The summed E-state index contributed by atoms with van der Waals surface area (Å²) in [4.78, 5) is 0.877. The Balaban J connectivity index is 0.000000290. The molecule has 24 heavy (non-hydrogen) atoms. The fourth-order valence-corrected chi connectivity index (χ4v) is 5.49. The molecule has 0 unspecified atom stereocenters. The standard InChI is InChI=1S/C18H15P.C4H7Br/c1-4-10-16(11-5-1)19(17-12-6-2-7-13-17)18-14-8-3-9-15-18;5-4-2-1-3-4/h1-15H;4H,1-3H2. The van der Waals surface area contributed by atoms with Crippen LogP contribution < -0.4 is 15.9 Å². The summed E-state index contributed by atoms with van der Waals surface area (Å²) >= 11 is 3.46. The molecule has 3 aromatic carbocycles. The lowest BCUT2D eigenvalue weighted by atomic mass is 10.0. The molecule has 0 amide bonds. The molecule has 1 aliphatic carbocycles. The summed E-state index contributed by atoms with van der Waals surface area (Å²) in [6, 6.07) is 32.3. The van der Waals surface area contributed by atoms with Crippen LogP contribution in [0.2, 0.25) is 0 Å². The van der Waals surface area contributed by atoms with Gasteiger partial charge in [0, 0.05) is 4.83 Å². The van der Waals surface area contributed by atoms with Crippen molar-refractivity contribution >= 4 is 39.8 Å². The second-order valence-electron chi connectivity index (χ2n) is 5.87. The summed E-state index contributed by atoms with van der Waals surface area (Å²) in [5.74, 6) is 0. The quantitative estimate of drug-likeness (QED) is 0.411. The van der Waals surface area contributed by atoms with E-state index in [1.807, 2.05) is 0 Å². The molecule has 3 aromatic rings. The van der Waals surface area contributed by atoms with Gasteiger partial charge in [-0.15, -0.1) is 0 Å². The van der Waals surface area contributed by atoms with Crippen molar-refractivity contribution < 1.29 is 0 Å². The highest BCUT2D eigenvalue weighted by Gasteiger charge is 2.15. The first kappa shape index (κ1) is 17.4. The van der Waals surface area contributed by atoms with E-state index in [1.54, 1.807) is 0 Å². The van der Waals surface area contributed by atoms with Crippen LogP contribution in [0.5, 0.6) is 0 Å². The van der Waals surface area contributed by atoms with E-state index >= 15 is 0 Å². The van der Waals surface area contributed by atoms with Crippen LogP contribution in [0, 0.1) is 0 Å². The van der Waals surface area contributed by atoms with Gasteiger partial charge in [0.2, 0.25) is 0 Å². The molecule has 0 radical (unpaired) electrons. The summed E-state index contributed by atoms with van der Waals surface area (Å²) < 4.78 is 0. The fraction of sp³-hybridized carbons (Fsp3) is 0.182. The Bertz CT molecular complexity index is 615. The van der Waals surface area contributed by atoms with Crippen LogP contribution in [-0.2, 0) is 0 Å². The van der Waals surface area contributed by atoms with E-state index in [9.17, 15) is 0 Å². The molecule has 0 atom stereocenters. The molecule has 122 valence electrons. The van der Waals surface area contributed by atoms with Crippen LogP contribution in [0.25, 0.3) is 0 Å². The molecular formula is C22H22BrP. The van der Waals surface area contributed by atoms with E-state index in [2.05, 4.69) is 107 Å². The smallest absolute Gasteiger partial charge is 0.0145 e. The average Bonchev–Trinajstić information content (AvgIpc) is 2.64. The van der Waals surface area contributed by atoms with Crippen LogP contribution >= 0.6 is 23.9 Å². The van der Waals surface area contributed by atoms with Crippen LogP contribution in [0.4, 0.5) is 0 Å². The first-order valence-electron chi connectivity index (χ1n) is 8.44. The molecule has 1 saturated carbocycles. The molecule has 0 spiro atoms. The third-order valence-electron chi connectivity index (χ3n) is 4.08. The lowest BCUT2D eigenvalue weighted by molar-refractivity contribution is 0.530. The van der Waals surface area contributed by atoms with E-state index < -0.39 is 7.92 Å². The maximum Gasteiger partial charge on any atom is 0.0145 e. The summed E-state index contributed by atoms with van der Waals surface area (Å²) in [5, 5.41) is 4.19. The fourth-order valence-electron chi connectivity index (χ4n) is 2.54. The van der Waals surface area contributed by atoms with Crippen LogP contribution in [-0.4, -0.2) is 4.83 Å². The van der Waals surface area contributed by atoms with E-state index in [0.717, 1.165) is 4.83 Å². The van der Waals surface area contributed by atoms with E-state index in [0.29, 0.717) is 0 Å². The molecule has 1 aliphatic rings. The number of benzene rings is 3. The Labute approximate surface area is 154 Å². The summed E-state index contributed by atoms with van der Waals surface area (Å²) in [5.41, 5.74) is 0. The molecule has 4 rings (SSSR count). The molecule has 0 N–H and O–H groups in total. The number of halogens is 1. The SMILES string of the molecule is BrC1CCC1.c1ccc(P(c2ccccc2)c2ccccc2)cc1. The maximum atomic E-state index is 3.46. The second-order valence-corrected chi connectivity index (χ2v) is 9.39. The summed E-state index contributed by atoms with van der Waals surface area (Å²) in [6.45, 7) is 0. The Hall–Kier alpha value is -1.43. The lowest BCUT2D eigenvalue weighted by Crippen LogP contribution is -2.20. The van der Waals surface area contributed by atoms with E-state index in [-0.39, 0.29) is 0 Å². The average molecular weight is 397 g/mol. The monoisotopic (exact) mass is 396 g/mol. The van der Waals surface area contributed by atoms with Crippen LogP contribution in [0.3, 0.4) is 0 Å². The van der Waals surface area contributed by atoms with Gasteiger partial charge in [-0.05, 0) is 36.7 Å². The highest BCUT2D eigenvalue weighted by Crippen LogP contribution is 2.32. The summed E-state index contributed by atoms with van der Waals surface area (Å²) in [6.07, 6.45) is 4.25. The molecule has 0 aromatic heterocycles. The molecule has 0 heterocycles. The highest BCUT2D eigenvalue weighted by molar-refractivity contribution is 9.09. The Morgan fingerprint density at radius 2 is 0.875 bits per heavy atom. The Kier molecular flexibility index (Phi) is 6.64. The number of hydrogen-bond donors (Lipinski definition) is 0. The minimum atomic E-state index is -0.446. The maximum absolute atomic E-state index is 3.46. The van der Waals surface area contributed by atoms with Crippen LogP contribution in [0.1, 0.15) is 19.3 Å². The topological polar surface area (TPSA) is 0 Å². The van der Waals surface area contributed by atoms with Crippen molar-refractivity contribution in [3.63, 3.8) is 0 Å². The van der Waals surface area contributed by atoms with Gasteiger partial charge in [-0.1, -0.05) is 113 Å². The van der Waals surface area contributed by atoms with Crippen molar-refractivity contribution in [2.24, 2.45) is 0 Å². The highest BCUT2D eigenvalue weighted by atomic mass is 79.9. The van der Waals surface area contributed by atoms with Gasteiger partial charge in [0.1, 0.15) is 0 Å². The van der Waals surface area contributed by atoms with Crippen molar-refractivity contribution in [3.05, 3.63) is 91.0 Å². The second kappa shape index (κ2) is 9.16. The van der Waals surface area contributed by atoms with E-state index in [1.165, 1.54) is 35.2 Å². The molecule has 0 nitrogen and oxygen atoms in total. The zero-order valence-electron chi connectivity index (χ0n) is 13.7. The molecular weight excluding hydrogens is 375 g/mol. The predicted molar refractivity (Wildman–Crippen MR) is 112 cm³/mol. The van der Waals surface area contributed by atoms with Gasteiger partial charge >= 0.3 is 0 Å². The minimum absolute atomic E-state index is 0.446. The van der Waals surface area contributed by atoms with Crippen molar-refractivity contribution in [3.8, 4) is 0 Å². The Morgan fingerprint density at radius 1 is 0.583 bits per heavy atom. The van der Waals surface area contributed by atoms with E-state index in [4.69, 9.17) is 0 Å². The van der Waals surface area contributed by atoms with Gasteiger partial charge in [-0.25, -0.2) is 0 Å². The lowest BCUT2D eigenvalue weighted by Gasteiger charge is -2.18. The number of rotatable bonds is 3. The third kappa shape index (κ3) is 4.79. The molecule has 0 saturated heterocycles. The van der Waals surface area contributed by atoms with Gasteiger partial charge in [-0.3, -0.25) is 0 Å². The van der Waals surface area contributed by atoms with Crippen LogP contribution in [0.15, 0.2) is 91.0 Å². The van der Waals surface area contributed by atoms with Gasteiger partial charge in [0.05, 0.1) is 0 Å². The number of hydrogen-bond acceptors (Lipinski definition) is 0. The molecule has 1 fully saturated rings. The zero-order chi connectivity index (χ0) is 16.6. The molecule has 0 bridgehead atoms. The summed E-state index contributed by atoms with van der Waals surface area (Å²) in [7, 11) is -0.446. The third-order valence-corrected chi connectivity index (χ3v) is 7.44. The zero-order valence-corrected chi connectivity index (χ0v) is 16.2. The van der Waals surface area contributed by atoms with Crippen molar-refractivity contribution in [2.45, 2.75) is 24.1 Å². The first-order valence-corrected chi connectivity index (χ1v) is 10.7. The number of alkyl halides is 1. The predicted octanol–water partition coefficient (Wildman–Crippen LogP) is 5.38. The molecule has 2 heteroatoms. The van der Waals surface area contributed by atoms with Crippen molar-refractivity contribution in [2.75, 3.05) is 0 Å². The van der Waals surface area contributed by atoms with Gasteiger partial charge in [-0.2, -0.15) is 0 Å². The van der Waals surface area contributed by atoms with Gasteiger partial charge < -0.3 is 0 Å². The van der Waals surface area contributed by atoms with Crippen molar-refractivity contribution in [1.82, 2.24) is 0 Å².